The first-order valence-corrected chi connectivity index (χ1v) is 9.29. The molecule has 0 amide bonds. The number of anilines is 1. The second kappa shape index (κ2) is 5.44. The number of benzene rings is 1. The van der Waals surface area contributed by atoms with Gasteiger partial charge in [-0.1, -0.05) is 12.1 Å². The smallest absolute Gasteiger partial charge is 0.245 e. The summed E-state index contributed by atoms with van der Waals surface area (Å²) in [6.07, 6.45) is 1.74. The lowest BCUT2D eigenvalue weighted by atomic mass is 10.1. The number of nitrogens with two attached hydrogens (primary N) is 1. The van der Waals surface area contributed by atoms with Crippen LogP contribution in [0.15, 0.2) is 39.9 Å². The molecule has 0 saturated carbocycles. The zero-order valence-corrected chi connectivity index (χ0v) is 13.5. The highest BCUT2D eigenvalue weighted by molar-refractivity contribution is 7.89. The Morgan fingerprint density at radius 3 is 2.81 bits per heavy atom. The first-order chi connectivity index (χ1) is 10.0. The number of aryl methyl sites for hydroxylation is 1. The van der Waals surface area contributed by atoms with Gasteiger partial charge in [-0.05, 0) is 53.8 Å². The van der Waals surface area contributed by atoms with Crippen molar-refractivity contribution in [3.63, 3.8) is 0 Å². The second-order valence-electron chi connectivity index (χ2n) is 5.32. The number of hydrogen-bond acceptors (Lipinski definition) is 4. The third kappa shape index (κ3) is 2.47. The van der Waals surface area contributed by atoms with Gasteiger partial charge in [-0.25, -0.2) is 8.42 Å². The van der Waals surface area contributed by atoms with Crippen LogP contribution in [0.2, 0.25) is 0 Å². The third-order valence-electron chi connectivity index (χ3n) is 3.94. The molecule has 4 nitrogen and oxygen atoms in total. The number of nitrogen functional groups attached to an aromatic ring is 1. The van der Waals surface area contributed by atoms with Gasteiger partial charge >= 0.3 is 0 Å². The average molecular weight is 322 g/mol. The van der Waals surface area contributed by atoms with Crippen LogP contribution in [0.1, 0.15) is 30.0 Å². The van der Waals surface area contributed by atoms with Gasteiger partial charge in [-0.3, -0.25) is 0 Å². The standard InChI is InChI=1S/C15H18N2O2S2/c1-11-4-2-5-13(16)15(11)21(18,19)17-8-3-6-14(17)12-7-9-20-10-12/h2,4-5,7,9-10,14H,3,6,8,16H2,1H3. The van der Waals surface area contributed by atoms with Crippen molar-refractivity contribution in [1.82, 2.24) is 4.31 Å². The van der Waals surface area contributed by atoms with Crippen LogP contribution < -0.4 is 5.73 Å². The van der Waals surface area contributed by atoms with Gasteiger partial charge in [-0.15, -0.1) is 0 Å². The summed E-state index contributed by atoms with van der Waals surface area (Å²) < 4.78 is 27.7. The second-order valence-corrected chi connectivity index (χ2v) is 7.93. The summed E-state index contributed by atoms with van der Waals surface area (Å²) in [5, 5.41) is 4.01. The van der Waals surface area contributed by atoms with Crippen molar-refractivity contribution < 1.29 is 8.42 Å². The molecule has 1 unspecified atom stereocenters. The van der Waals surface area contributed by atoms with Crippen molar-refractivity contribution in [3.05, 3.63) is 46.2 Å². The van der Waals surface area contributed by atoms with Crippen LogP contribution >= 0.6 is 11.3 Å². The van der Waals surface area contributed by atoms with Gasteiger partial charge in [0.25, 0.3) is 0 Å². The molecule has 1 aliphatic heterocycles. The average Bonchev–Trinajstić information content (AvgIpc) is 3.09. The fourth-order valence-electron chi connectivity index (χ4n) is 2.97. The SMILES string of the molecule is Cc1cccc(N)c1S(=O)(=O)N1CCCC1c1ccsc1. The summed E-state index contributed by atoms with van der Waals surface area (Å²) in [5.74, 6) is 0. The number of hydrogen-bond donors (Lipinski definition) is 1. The predicted octanol–water partition coefficient (Wildman–Crippen LogP) is 3.16. The normalized spacial score (nSPS) is 20.0. The Hall–Kier alpha value is -1.37. The number of sulfonamides is 1. The van der Waals surface area contributed by atoms with Crippen molar-refractivity contribution in [1.29, 1.82) is 0 Å². The Balaban J connectivity index is 2.06. The van der Waals surface area contributed by atoms with Gasteiger partial charge in [-0.2, -0.15) is 15.6 Å². The summed E-state index contributed by atoms with van der Waals surface area (Å²) in [6.45, 7) is 2.34. The number of rotatable bonds is 3. The Morgan fingerprint density at radius 1 is 1.33 bits per heavy atom. The van der Waals surface area contributed by atoms with Gasteiger partial charge < -0.3 is 5.73 Å². The molecule has 112 valence electrons. The largest absolute Gasteiger partial charge is 0.398 e. The fourth-order valence-corrected chi connectivity index (χ4v) is 5.68. The highest BCUT2D eigenvalue weighted by Crippen LogP contribution is 2.39. The Labute approximate surface area is 129 Å². The Kier molecular flexibility index (Phi) is 3.77. The molecule has 1 aliphatic rings. The van der Waals surface area contributed by atoms with E-state index in [2.05, 4.69) is 0 Å². The van der Waals surface area contributed by atoms with E-state index in [1.54, 1.807) is 40.8 Å². The van der Waals surface area contributed by atoms with E-state index in [4.69, 9.17) is 5.73 Å². The molecule has 1 fully saturated rings. The molecular weight excluding hydrogens is 304 g/mol. The predicted molar refractivity (Wildman–Crippen MR) is 85.8 cm³/mol. The Morgan fingerprint density at radius 2 is 2.14 bits per heavy atom. The number of thiophene rings is 1. The van der Waals surface area contributed by atoms with Crippen LogP contribution in [0.4, 0.5) is 5.69 Å². The topological polar surface area (TPSA) is 63.4 Å². The molecule has 2 heterocycles. The monoisotopic (exact) mass is 322 g/mol. The highest BCUT2D eigenvalue weighted by atomic mass is 32.2. The summed E-state index contributed by atoms with van der Waals surface area (Å²) in [4.78, 5) is 0.257. The fraction of sp³-hybridized carbons (Fsp3) is 0.333. The number of nitrogens with zero attached hydrogens (tertiary/aromatic N) is 1. The minimum Gasteiger partial charge on any atom is -0.398 e. The van der Waals surface area contributed by atoms with Gasteiger partial charge in [0.1, 0.15) is 4.90 Å². The lowest BCUT2D eigenvalue weighted by molar-refractivity contribution is 0.397. The van der Waals surface area contributed by atoms with E-state index in [-0.39, 0.29) is 10.9 Å². The first-order valence-electron chi connectivity index (χ1n) is 6.91. The molecule has 0 aliphatic carbocycles. The van der Waals surface area contributed by atoms with Crippen LogP contribution in [-0.4, -0.2) is 19.3 Å². The van der Waals surface area contributed by atoms with Crippen LogP contribution in [0.3, 0.4) is 0 Å². The highest BCUT2D eigenvalue weighted by Gasteiger charge is 2.37. The van der Waals surface area contributed by atoms with Crippen LogP contribution in [0.25, 0.3) is 0 Å². The van der Waals surface area contributed by atoms with E-state index in [1.165, 1.54) is 0 Å². The first kappa shape index (κ1) is 14.6. The van der Waals surface area contributed by atoms with Crippen molar-refractivity contribution in [2.45, 2.75) is 30.7 Å². The molecule has 0 bridgehead atoms. The minimum absolute atomic E-state index is 0.0692. The third-order valence-corrected chi connectivity index (χ3v) is 6.77. The summed E-state index contributed by atoms with van der Waals surface area (Å²) in [5.41, 5.74) is 8.04. The summed E-state index contributed by atoms with van der Waals surface area (Å²) >= 11 is 1.60. The van der Waals surface area contributed by atoms with E-state index in [0.717, 1.165) is 18.4 Å². The molecule has 21 heavy (non-hydrogen) atoms. The van der Waals surface area contributed by atoms with E-state index in [0.29, 0.717) is 17.8 Å². The quantitative estimate of drug-likeness (QED) is 0.883. The lowest BCUT2D eigenvalue weighted by Gasteiger charge is -2.25. The van der Waals surface area contributed by atoms with E-state index in [9.17, 15) is 8.42 Å². The molecule has 2 N–H and O–H groups in total. The van der Waals surface area contributed by atoms with Gasteiger partial charge in [0.15, 0.2) is 0 Å². The molecule has 3 rings (SSSR count). The van der Waals surface area contributed by atoms with Crippen molar-refractivity contribution in [2.75, 3.05) is 12.3 Å². The van der Waals surface area contributed by atoms with Gasteiger partial charge in [0.2, 0.25) is 10.0 Å². The van der Waals surface area contributed by atoms with E-state index >= 15 is 0 Å². The van der Waals surface area contributed by atoms with Crippen LogP contribution in [0, 0.1) is 6.92 Å². The summed E-state index contributed by atoms with van der Waals surface area (Å²) in [6, 6.07) is 7.16. The molecule has 0 spiro atoms. The molecule has 1 aromatic heterocycles. The van der Waals surface area contributed by atoms with Crippen molar-refractivity contribution in [3.8, 4) is 0 Å². The van der Waals surface area contributed by atoms with Gasteiger partial charge in [0, 0.05) is 6.54 Å². The molecule has 0 radical (unpaired) electrons. The Bertz CT molecular complexity index is 719. The molecule has 1 aromatic carbocycles. The van der Waals surface area contributed by atoms with E-state index < -0.39 is 10.0 Å². The lowest BCUT2D eigenvalue weighted by Crippen LogP contribution is -2.31. The molecular formula is C15H18N2O2S2. The zero-order chi connectivity index (χ0) is 15.0. The molecule has 2 aromatic rings. The van der Waals surface area contributed by atoms with Crippen LogP contribution in [-0.2, 0) is 10.0 Å². The van der Waals surface area contributed by atoms with Crippen molar-refractivity contribution in [2.24, 2.45) is 0 Å². The van der Waals surface area contributed by atoms with Gasteiger partial charge in [0.05, 0.1) is 11.7 Å². The maximum atomic E-state index is 13.0. The van der Waals surface area contributed by atoms with Crippen LogP contribution in [0.5, 0.6) is 0 Å². The molecule has 1 saturated heterocycles. The van der Waals surface area contributed by atoms with Crippen molar-refractivity contribution >= 4 is 27.0 Å². The zero-order valence-electron chi connectivity index (χ0n) is 11.8. The van der Waals surface area contributed by atoms with E-state index in [1.807, 2.05) is 16.8 Å². The minimum atomic E-state index is -3.56. The summed E-state index contributed by atoms with van der Waals surface area (Å²) in [7, 11) is -3.56. The maximum absolute atomic E-state index is 13.0. The molecule has 6 heteroatoms. The molecule has 1 atom stereocenters. The maximum Gasteiger partial charge on any atom is 0.245 e.